The minimum atomic E-state index is 0.427. The number of aryl methyl sites for hydroxylation is 2. The van der Waals surface area contributed by atoms with E-state index in [-0.39, 0.29) is 0 Å². The molecule has 98 valence electrons. The Labute approximate surface area is 110 Å². The van der Waals surface area contributed by atoms with Gasteiger partial charge in [0.15, 0.2) is 0 Å². The molecule has 2 heteroatoms. The van der Waals surface area contributed by atoms with Crippen LogP contribution in [-0.4, -0.2) is 18.7 Å². The lowest BCUT2D eigenvalue weighted by molar-refractivity contribution is 0.0858. The third kappa shape index (κ3) is 2.54. The fourth-order valence-electron chi connectivity index (χ4n) is 3.09. The Kier molecular flexibility index (Phi) is 3.55. The third-order valence-corrected chi connectivity index (χ3v) is 4.21. The van der Waals surface area contributed by atoms with E-state index in [1.165, 1.54) is 36.8 Å². The van der Waals surface area contributed by atoms with Gasteiger partial charge >= 0.3 is 0 Å². The third-order valence-electron chi connectivity index (χ3n) is 4.21. The number of hydrogen-bond acceptors (Lipinski definition) is 2. The van der Waals surface area contributed by atoms with Gasteiger partial charge in [-0.25, -0.2) is 0 Å². The van der Waals surface area contributed by atoms with Crippen LogP contribution in [0.1, 0.15) is 43.7 Å². The van der Waals surface area contributed by atoms with Crippen molar-refractivity contribution in [2.45, 2.75) is 57.6 Å². The molecule has 2 aliphatic carbocycles. The number of rotatable bonds is 4. The molecule has 1 saturated carbocycles. The smallest absolute Gasteiger partial charge is 0.120 e. The van der Waals surface area contributed by atoms with Gasteiger partial charge in [-0.15, -0.1) is 0 Å². The highest BCUT2D eigenvalue weighted by Crippen LogP contribution is 2.29. The summed E-state index contributed by atoms with van der Waals surface area (Å²) >= 11 is 0. The van der Waals surface area contributed by atoms with Crippen molar-refractivity contribution in [2.24, 2.45) is 0 Å². The average Bonchev–Trinajstić information content (AvgIpc) is 2.36. The first-order valence-corrected chi connectivity index (χ1v) is 7.37. The van der Waals surface area contributed by atoms with Crippen molar-refractivity contribution in [3.63, 3.8) is 0 Å². The lowest BCUT2D eigenvalue weighted by Gasteiger charge is -2.36. The van der Waals surface area contributed by atoms with Crippen molar-refractivity contribution in [1.29, 1.82) is 0 Å². The van der Waals surface area contributed by atoms with Crippen molar-refractivity contribution in [2.75, 3.05) is 6.54 Å². The van der Waals surface area contributed by atoms with Crippen LogP contribution < -0.4 is 10.1 Å². The van der Waals surface area contributed by atoms with Gasteiger partial charge in [-0.3, -0.25) is 0 Å². The van der Waals surface area contributed by atoms with Gasteiger partial charge in [0.1, 0.15) is 11.9 Å². The Bertz CT molecular complexity index is 410. The van der Waals surface area contributed by atoms with Crippen molar-refractivity contribution in [3.8, 4) is 5.75 Å². The fraction of sp³-hybridized carbons (Fsp3) is 0.625. The monoisotopic (exact) mass is 245 g/mol. The molecular formula is C16H23NO. The first kappa shape index (κ1) is 12.0. The highest BCUT2D eigenvalue weighted by molar-refractivity contribution is 5.37. The maximum Gasteiger partial charge on any atom is 0.120 e. The summed E-state index contributed by atoms with van der Waals surface area (Å²) in [5, 5.41) is 3.47. The Balaban J connectivity index is 1.57. The average molecular weight is 245 g/mol. The van der Waals surface area contributed by atoms with Crippen LogP contribution in [0.2, 0.25) is 0 Å². The molecule has 1 N–H and O–H groups in total. The van der Waals surface area contributed by atoms with Gasteiger partial charge < -0.3 is 10.1 Å². The van der Waals surface area contributed by atoms with Crippen molar-refractivity contribution < 1.29 is 4.74 Å². The lowest BCUT2D eigenvalue weighted by atomic mass is 9.89. The van der Waals surface area contributed by atoms with E-state index in [2.05, 4.69) is 30.4 Å². The molecule has 0 unspecified atom stereocenters. The Morgan fingerprint density at radius 3 is 2.72 bits per heavy atom. The molecule has 0 radical (unpaired) electrons. The second-order valence-electron chi connectivity index (χ2n) is 5.60. The summed E-state index contributed by atoms with van der Waals surface area (Å²) in [5.41, 5.74) is 3.05. The van der Waals surface area contributed by atoms with Crippen molar-refractivity contribution >= 4 is 0 Å². The molecule has 18 heavy (non-hydrogen) atoms. The van der Waals surface area contributed by atoms with E-state index in [9.17, 15) is 0 Å². The predicted molar refractivity (Wildman–Crippen MR) is 74.2 cm³/mol. The molecule has 0 amide bonds. The van der Waals surface area contributed by atoms with Crippen LogP contribution in [-0.2, 0) is 12.8 Å². The zero-order chi connectivity index (χ0) is 12.4. The summed E-state index contributed by atoms with van der Waals surface area (Å²) in [7, 11) is 0. The molecule has 0 spiro atoms. The Morgan fingerprint density at radius 1 is 1.17 bits per heavy atom. The molecule has 0 bridgehead atoms. The predicted octanol–water partition coefficient (Wildman–Crippen LogP) is 3.08. The topological polar surface area (TPSA) is 21.3 Å². The van der Waals surface area contributed by atoms with E-state index in [1.54, 1.807) is 0 Å². The number of benzene rings is 1. The van der Waals surface area contributed by atoms with Crippen LogP contribution in [0.5, 0.6) is 5.75 Å². The molecule has 2 aliphatic rings. The second kappa shape index (κ2) is 5.31. The highest BCUT2D eigenvalue weighted by Gasteiger charge is 2.30. The number of ether oxygens (including phenoxy) is 1. The lowest BCUT2D eigenvalue weighted by Crippen LogP contribution is -2.46. The summed E-state index contributed by atoms with van der Waals surface area (Å²) in [6, 6.07) is 7.38. The van der Waals surface area contributed by atoms with Crippen LogP contribution in [0, 0.1) is 0 Å². The molecule has 0 atom stereocenters. The highest BCUT2D eigenvalue weighted by atomic mass is 16.5. The quantitative estimate of drug-likeness (QED) is 0.880. The van der Waals surface area contributed by atoms with Crippen LogP contribution in [0.15, 0.2) is 18.2 Å². The summed E-state index contributed by atoms with van der Waals surface area (Å²) in [6.45, 7) is 3.23. The first-order valence-electron chi connectivity index (χ1n) is 7.37. The molecule has 0 aliphatic heterocycles. The molecular weight excluding hydrogens is 222 g/mol. The van der Waals surface area contributed by atoms with E-state index >= 15 is 0 Å². The van der Waals surface area contributed by atoms with Gasteiger partial charge in [0.25, 0.3) is 0 Å². The molecule has 1 aromatic rings. The van der Waals surface area contributed by atoms with Crippen molar-refractivity contribution in [3.05, 3.63) is 29.3 Å². The standard InChI is InChI=1S/C16H23NO/c1-2-17-14-10-16(11-14)18-15-8-7-12-5-3-4-6-13(12)9-15/h7-9,14,16-17H,2-6,10-11H2,1H3. The molecule has 0 saturated heterocycles. The van der Waals surface area contributed by atoms with Gasteiger partial charge in [0, 0.05) is 6.04 Å². The number of nitrogens with one attached hydrogen (secondary N) is 1. The van der Waals surface area contributed by atoms with Gasteiger partial charge in [-0.1, -0.05) is 13.0 Å². The Morgan fingerprint density at radius 2 is 1.94 bits per heavy atom. The number of hydrogen-bond donors (Lipinski definition) is 1. The maximum atomic E-state index is 6.05. The summed E-state index contributed by atoms with van der Waals surface area (Å²) in [5.74, 6) is 1.08. The largest absolute Gasteiger partial charge is 0.490 e. The zero-order valence-electron chi connectivity index (χ0n) is 11.2. The normalized spacial score (nSPS) is 26.3. The molecule has 1 fully saturated rings. The van der Waals surface area contributed by atoms with Gasteiger partial charge in [-0.05, 0) is 68.3 Å². The minimum Gasteiger partial charge on any atom is -0.490 e. The molecule has 0 aromatic heterocycles. The first-order chi connectivity index (χ1) is 8.85. The van der Waals surface area contributed by atoms with E-state index in [0.29, 0.717) is 12.1 Å². The summed E-state index contributed by atoms with van der Waals surface area (Å²) in [6.07, 6.45) is 7.91. The molecule has 0 heterocycles. The van der Waals surface area contributed by atoms with Crippen LogP contribution in [0.3, 0.4) is 0 Å². The van der Waals surface area contributed by atoms with E-state index in [4.69, 9.17) is 4.74 Å². The summed E-state index contributed by atoms with van der Waals surface area (Å²) < 4.78 is 6.05. The van der Waals surface area contributed by atoms with Crippen LogP contribution >= 0.6 is 0 Å². The van der Waals surface area contributed by atoms with E-state index in [0.717, 1.165) is 25.1 Å². The second-order valence-corrected chi connectivity index (χ2v) is 5.60. The van der Waals surface area contributed by atoms with Crippen molar-refractivity contribution in [1.82, 2.24) is 5.32 Å². The van der Waals surface area contributed by atoms with Crippen LogP contribution in [0.4, 0.5) is 0 Å². The van der Waals surface area contributed by atoms with Gasteiger partial charge in [0.05, 0.1) is 0 Å². The van der Waals surface area contributed by atoms with Gasteiger partial charge in [-0.2, -0.15) is 0 Å². The zero-order valence-corrected chi connectivity index (χ0v) is 11.2. The molecule has 1 aromatic carbocycles. The fourth-order valence-corrected chi connectivity index (χ4v) is 3.09. The van der Waals surface area contributed by atoms with E-state index < -0.39 is 0 Å². The summed E-state index contributed by atoms with van der Waals surface area (Å²) in [4.78, 5) is 0. The SMILES string of the molecule is CCNC1CC(Oc2ccc3c(c2)CCCC3)C1. The van der Waals surface area contributed by atoms with Gasteiger partial charge in [0.2, 0.25) is 0 Å². The van der Waals surface area contributed by atoms with Crippen LogP contribution in [0.25, 0.3) is 0 Å². The molecule has 3 rings (SSSR count). The number of fused-ring (bicyclic) bond motifs is 1. The maximum absolute atomic E-state index is 6.05. The van der Waals surface area contributed by atoms with E-state index in [1.807, 2.05) is 0 Å². The minimum absolute atomic E-state index is 0.427. The Hall–Kier alpha value is -1.02. The molecule has 2 nitrogen and oxygen atoms in total.